The van der Waals surface area contributed by atoms with Crippen molar-refractivity contribution in [1.29, 1.82) is 0 Å². The quantitative estimate of drug-likeness (QED) is 0.726. The second-order valence-electron chi connectivity index (χ2n) is 7.36. The van der Waals surface area contributed by atoms with Crippen molar-refractivity contribution in [3.63, 3.8) is 0 Å². The number of carbonyl (C=O) groups excluding carboxylic acids is 1. The van der Waals surface area contributed by atoms with Crippen molar-refractivity contribution in [2.75, 3.05) is 58.3 Å². The Balaban J connectivity index is 1.36. The lowest BCUT2D eigenvalue weighted by atomic mass is 10.3. The van der Waals surface area contributed by atoms with Crippen LogP contribution in [0.4, 0.5) is 5.69 Å². The molecular weight excluding hydrogens is 370 g/mol. The molecular formula is C21H31N5O3. The Bertz CT molecular complexity index is 810. The molecule has 0 aliphatic carbocycles. The summed E-state index contributed by atoms with van der Waals surface area (Å²) in [7, 11) is 3.54. The van der Waals surface area contributed by atoms with Crippen molar-refractivity contribution >= 4 is 11.6 Å². The van der Waals surface area contributed by atoms with Gasteiger partial charge >= 0.3 is 0 Å². The van der Waals surface area contributed by atoms with Crippen molar-refractivity contribution < 1.29 is 14.3 Å². The Morgan fingerprint density at radius 2 is 1.69 bits per heavy atom. The van der Waals surface area contributed by atoms with E-state index in [1.54, 1.807) is 11.8 Å². The number of nitrogens with zero attached hydrogens (tertiary/aromatic N) is 4. The maximum absolute atomic E-state index is 12.4. The summed E-state index contributed by atoms with van der Waals surface area (Å²) in [5.74, 6) is 1.69. The second kappa shape index (κ2) is 9.76. The minimum atomic E-state index is 0.0143. The highest BCUT2D eigenvalue weighted by atomic mass is 16.5. The van der Waals surface area contributed by atoms with Gasteiger partial charge in [0.15, 0.2) is 0 Å². The summed E-state index contributed by atoms with van der Waals surface area (Å²) in [4.78, 5) is 17.0. The third kappa shape index (κ3) is 5.71. The summed E-state index contributed by atoms with van der Waals surface area (Å²) < 4.78 is 12.7. The van der Waals surface area contributed by atoms with E-state index in [0.717, 1.165) is 61.3 Å². The van der Waals surface area contributed by atoms with Crippen molar-refractivity contribution in [1.82, 2.24) is 19.6 Å². The number of amides is 1. The van der Waals surface area contributed by atoms with Crippen LogP contribution in [0, 0.1) is 13.8 Å². The van der Waals surface area contributed by atoms with Crippen LogP contribution >= 0.6 is 0 Å². The first-order valence-corrected chi connectivity index (χ1v) is 9.98. The van der Waals surface area contributed by atoms with Gasteiger partial charge in [0.25, 0.3) is 0 Å². The van der Waals surface area contributed by atoms with Crippen molar-refractivity contribution in [2.24, 2.45) is 7.05 Å². The molecule has 29 heavy (non-hydrogen) atoms. The van der Waals surface area contributed by atoms with Gasteiger partial charge in [-0.3, -0.25) is 19.3 Å². The summed E-state index contributed by atoms with van der Waals surface area (Å²) in [6.07, 6.45) is 0. The lowest BCUT2D eigenvalue weighted by Crippen LogP contribution is -2.49. The largest absolute Gasteiger partial charge is 0.497 e. The van der Waals surface area contributed by atoms with E-state index in [1.165, 1.54) is 0 Å². The predicted molar refractivity (Wildman–Crippen MR) is 113 cm³/mol. The Labute approximate surface area is 172 Å². The zero-order valence-corrected chi connectivity index (χ0v) is 17.8. The average molecular weight is 402 g/mol. The topological polar surface area (TPSA) is 71.9 Å². The molecule has 0 atom stereocenters. The first-order valence-electron chi connectivity index (χ1n) is 9.98. The van der Waals surface area contributed by atoms with Crippen LogP contribution in [0.15, 0.2) is 24.3 Å². The van der Waals surface area contributed by atoms with Gasteiger partial charge in [-0.2, -0.15) is 5.10 Å². The fraction of sp³-hybridized carbons (Fsp3) is 0.524. The van der Waals surface area contributed by atoms with Crippen LogP contribution in [0.5, 0.6) is 11.5 Å². The molecule has 1 fully saturated rings. The van der Waals surface area contributed by atoms with Crippen molar-refractivity contribution in [3.8, 4) is 11.5 Å². The highest BCUT2D eigenvalue weighted by Crippen LogP contribution is 2.18. The summed E-state index contributed by atoms with van der Waals surface area (Å²) in [6, 6.07) is 7.63. The Kier molecular flexibility index (Phi) is 7.11. The summed E-state index contributed by atoms with van der Waals surface area (Å²) >= 11 is 0. The molecule has 0 bridgehead atoms. The number of hydrogen-bond acceptors (Lipinski definition) is 6. The van der Waals surface area contributed by atoms with E-state index in [4.69, 9.17) is 9.47 Å². The van der Waals surface area contributed by atoms with Crippen LogP contribution in [0.25, 0.3) is 0 Å². The highest BCUT2D eigenvalue weighted by molar-refractivity contribution is 5.93. The molecule has 0 saturated carbocycles. The van der Waals surface area contributed by atoms with Crippen LogP contribution in [0.2, 0.25) is 0 Å². The second-order valence-corrected chi connectivity index (χ2v) is 7.36. The van der Waals surface area contributed by atoms with Crippen molar-refractivity contribution in [3.05, 3.63) is 35.7 Å². The van der Waals surface area contributed by atoms with Crippen LogP contribution in [0.3, 0.4) is 0 Å². The first kappa shape index (κ1) is 21.1. The van der Waals surface area contributed by atoms with Gasteiger partial charge in [0, 0.05) is 39.8 Å². The summed E-state index contributed by atoms with van der Waals surface area (Å²) in [6.45, 7) is 9.42. The van der Waals surface area contributed by atoms with Crippen molar-refractivity contribution in [2.45, 2.75) is 13.8 Å². The van der Waals surface area contributed by atoms with Crippen LogP contribution in [-0.2, 0) is 11.8 Å². The van der Waals surface area contributed by atoms with Gasteiger partial charge in [-0.1, -0.05) is 0 Å². The minimum absolute atomic E-state index is 0.0143. The molecule has 1 saturated heterocycles. The molecule has 1 aliphatic rings. The molecule has 1 N–H and O–H groups in total. The summed E-state index contributed by atoms with van der Waals surface area (Å²) in [5, 5.41) is 7.35. The number of anilines is 1. The standard InChI is InChI=1S/C21H31N5O3/c1-16-21(17(2)24(3)23-16)22-20(27)15-26-11-9-25(10-12-26)13-14-29-19-7-5-18(28-4)6-8-19/h5-8H,9-15H2,1-4H3,(H,22,27). The zero-order chi connectivity index (χ0) is 20.8. The fourth-order valence-corrected chi connectivity index (χ4v) is 3.47. The van der Waals surface area contributed by atoms with Gasteiger partial charge in [0.2, 0.25) is 5.91 Å². The SMILES string of the molecule is COc1ccc(OCCN2CCN(CC(=O)Nc3c(C)nn(C)c3C)CC2)cc1. The van der Waals surface area contributed by atoms with Gasteiger partial charge in [-0.05, 0) is 38.1 Å². The van der Waals surface area contributed by atoms with Gasteiger partial charge < -0.3 is 14.8 Å². The number of benzene rings is 1. The van der Waals surface area contributed by atoms with E-state index in [0.29, 0.717) is 13.2 Å². The molecule has 0 spiro atoms. The molecule has 0 unspecified atom stereocenters. The number of piperazine rings is 1. The van der Waals surface area contributed by atoms with Crippen LogP contribution in [-0.4, -0.2) is 78.5 Å². The summed E-state index contributed by atoms with van der Waals surface area (Å²) in [5.41, 5.74) is 2.64. The molecule has 0 radical (unpaired) electrons. The van der Waals surface area contributed by atoms with Gasteiger partial charge in [0.1, 0.15) is 18.1 Å². The zero-order valence-electron chi connectivity index (χ0n) is 17.8. The number of aryl methyl sites for hydroxylation is 2. The number of methoxy groups -OCH3 is 1. The molecule has 1 aliphatic heterocycles. The average Bonchev–Trinajstić information content (AvgIpc) is 2.96. The van der Waals surface area contributed by atoms with Crippen LogP contribution in [0.1, 0.15) is 11.4 Å². The van der Waals surface area contributed by atoms with E-state index < -0.39 is 0 Å². The van der Waals surface area contributed by atoms with E-state index in [-0.39, 0.29) is 5.91 Å². The fourth-order valence-electron chi connectivity index (χ4n) is 3.47. The maximum atomic E-state index is 12.4. The highest BCUT2D eigenvalue weighted by Gasteiger charge is 2.20. The van der Waals surface area contributed by atoms with Gasteiger partial charge in [-0.15, -0.1) is 0 Å². The predicted octanol–water partition coefficient (Wildman–Crippen LogP) is 1.68. The number of rotatable bonds is 8. The normalized spacial score (nSPS) is 15.3. The molecule has 8 heteroatoms. The number of hydrogen-bond donors (Lipinski definition) is 1. The third-order valence-electron chi connectivity index (χ3n) is 5.34. The molecule has 158 valence electrons. The monoisotopic (exact) mass is 401 g/mol. The van der Waals surface area contributed by atoms with Gasteiger partial charge in [-0.25, -0.2) is 0 Å². The Morgan fingerprint density at radius 1 is 1.07 bits per heavy atom. The molecule has 3 rings (SSSR count). The molecule has 2 aromatic rings. The molecule has 1 aromatic carbocycles. The third-order valence-corrected chi connectivity index (χ3v) is 5.34. The van der Waals surface area contributed by atoms with E-state index in [9.17, 15) is 4.79 Å². The first-order chi connectivity index (χ1) is 14.0. The molecule has 2 heterocycles. The lowest BCUT2D eigenvalue weighted by molar-refractivity contribution is -0.117. The van der Waals surface area contributed by atoms with E-state index in [1.807, 2.05) is 45.2 Å². The molecule has 8 nitrogen and oxygen atoms in total. The smallest absolute Gasteiger partial charge is 0.238 e. The minimum Gasteiger partial charge on any atom is -0.497 e. The van der Waals surface area contributed by atoms with E-state index >= 15 is 0 Å². The molecule has 1 amide bonds. The number of ether oxygens (including phenoxy) is 2. The number of carbonyl (C=O) groups is 1. The Hall–Kier alpha value is -2.58. The van der Waals surface area contributed by atoms with Gasteiger partial charge in [0.05, 0.1) is 30.7 Å². The van der Waals surface area contributed by atoms with E-state index in [2.05, 4.69) is 20.2 Å². The van der Waals surface area contributed by atoms with Crippen LogP contribution < -0.4 is 14.8 Å². The number of nitrogens with one attached hydrogen (secondary N) is 1. The maximum Gasteiger partial charge on any atom is 0.238 e. The molecule has 1 aromatic heterocycles. The number of aromatic nitrogens is 2. The lowest BCUT2D eigenvalue weighted by Gasteiger charge is -2.34. The Morgan fingerprint density at radius 3 is 2.28 bits per heavy atom.